The van der Waals surface area contributed by atoms with Crippen molar-refractivity contribution in [3.8, 4) is 0 Å². The Morgan fingerprint density at radius 1 is 1.39 bits per heavy atom. The van der Waals surface area contributed by atoms with Crippen LogP contribution in [0, 0.1) is 0 Å². The Morgan fingerprint density at radius 3 is 3.04 bits per heavy atom. The lowest BCUT2D eigenvalue weighted by Gasteiger charge is -1.97. The molecule has 1 aliphatic carbocycles. The number of nitrogens with zero attached hydrogens (tertiary/aromatic N) is 3. The molecule has 6 nitrogen and oxygen atoms in total. The van der Waals surface area contributed by atoms with Crippen molar-refractivity contribution in [2.45, 2.75) is 32.2 Å². The Morgan fingerprint density at radius 2 is 2.26 bits per heavy atom. The van der Waals surface area contributed by atoms with Crippen molar-refractivity contribution in [2.75, 3.05) is 6.61 Å². The first kappa shape index (κ1) is 14.0. The number of fused-ring (bicyclic) bond motifs is 1. The topological polar surface area (TPSA) is 70.2 Å². The van der Waals surface area contributed by atoms with Gasteiger partial charge in [-0.3, -0.25) is 0 Å². The standard InChI is InChI=1S/C17H17N3O3/c1-2-22-17(21)15-10-20(19-18-15)9-14-7-13-6-5-12(11-3-4-11)8-16(13)23-14/h5-8,10-11H,2-4,9H2,1H3. The van der Waals surface area contributed by atoms with Crippen LogP contribution in [0.4, 0.5) is 0 Å². The van der Waals surface area contributed by atoms with Gasteiger partial charge in [0, 0.05) is 5.39 Å². The van der Waals surface area contributed by atoms with E-state index in [1.165, 1.54) is 18.4 Å². The lowest BCUT2D eigenvalue weighted by atomic mass is 10.1. The van der Waals surface area contributed by atoms with Crippen molar-refractivity contribution in [1.29, 1.82) is 0 Å². The molecule has 1 aromatic carbocycles. The minimum absolute atomic E-state index is 0.207. The van der Waals surface area contributed by atoms with Crippen LogP contribution in [0.1, 0.15) is 47.5 Å². The molecule has 4 rings (SSSR count). The summed E-state index contributed by atoms with van der Waals surface area (Å²) in [5.41, 5.74) is 2.46. The number of hydrogen-bond acceptors (Lipinski definition) is 5. The minimum atomic E-state index is -0.461. The molecule has 0 unspecified atom stereocenters. The number of furan rings is 1. The molecule has 0 spiro atoms. The van der Waals surface area contributed by atoms with Gasteiger partial charge in [0.05, 0.1) is 12.8 Å². The van der Waals surface area contributed by atoms with E-state index >= 15 is 0 Å². The van der Waals surface area contributed by atoms with Gasteiger partial charge >= 0.3 is 5.97 Å². The third-order valence-corrected chi connectivity index (χ3v) is 3.98. The van der Waals surface area contributed by atoms with Gasteiger partial charge in [0.1, 0.15) is 17.9 Å². The van der Waals surface area contributed by atoms with Gasteiger partial charge in [-0.1, -0.05) is 17.3 Å². The highest BCUT2D eigenvalue weighted by atomic mass is 16.5. The number of ether oxygens (including phenoxy) is 1. The van der Waals surface area contributed by atoms with Gasteiger partial charge in [-0.05, 0) is 43.4 Å². The number of rotatable bonds is 5. The Balaban J connectivity index is 1.54. The molecule has 0 amide bonds. The molecule has 0 radical (unpaired) electrons. The second-order valence-corrected chi connectivity index (χ2v) is 5.81. The maximum absolute atomic E-state index is 11.6. The quantitative estimate of drug-likeness (QED) is 0.677. The van der Waals surface area contributed by atoms with Gasteiger partial charge in [0.15, 0.2) is 5.69 Å². The van der Waals surface area contributed by atoms with Crippen molar-refractivity contribution < 1.29 is 13.9 Å². The van der Waals surface area contributed by atoms with Crippen LogP contribution in [0.2, 0.25) is 0 Å². The zero-order valence-electron chi connectivity index (χ0n) is 12.9. The summed E-state index contributed by atoms with van der Waals surface area (Å²) in [4.78, 5) is 11.6. The van der Waals surface area contributed by atoms with Gasteiger partial charge in [-0.15, -0.1) is 5.10 Å². The van der Waals surface area contributed by atoms with Gasteiger partial charge in [-0.2, -0.15) is 0 Å². The highest BCUT2D eigenvalue weighted by molar-refractivity contribution is 5.86. The molecule has 1 saturated carbocycles. The zero-order chi connectivity index (χ0) is 15.8. The molecule has 2 heterocycles. The van der Waals surface area contributed by atoms with E-state index in [1.807, 2.05) is 6.07 Å². The summed E-state index contributed by atoms with van der Waals surface area (Å²) in [6.07, 6.45) is 4.12. The monoisotopic (exact) mass is 311 g/mol. The van der Waals surface area contributed by atoms with E-state index in [0.717, 1.165) is 16.7 Å². The smallest absolute Gasteiger partial charge is 0.360 e. The SMILES string of the molecule is CCOC(=O)c1cn(Cc2cc3ccc(C4CC4)cc3o2)nn1. The molecule has 2 aromatic heterocycles. The minimum Gasteiger partial charge on any atom is -0.461 e. The molecule has 1 fully saturated rings. The van der Waals surface area contributed by atoms with Crippen molar-refractivity contribution in [2.24, 2.45) is 0 Å². The van der Waals surface area contributed by atoms with E-state index in [2.05, 4.69) is 28.5 Å². The third-order valence-electron chi connectivity index (χ3n) is 3.98. The molecule has 118 valence electrons. The maximum atomic E-state index is 11.6. The van der Waals surface area contributed by atoms with Crippen LogP contribution in [-0.2, 0) is 11.3 Å². The first-order valence-corrected chi connectivity index (χ1v) is 7.82. The van der Waals surface area contributed by atoms with E-state index < -0.39 is 5.97 Å². The van der Waals surface area contributed by atoms with E-state index in [9.17, 15) is 4.79 Å². The largest absolute Gasteiger partial charge is 0.461 e. The van der Waals surface area contributed by atoms with E-state index in [-0.39, 0.29) is 5.69 Å². The second-order valence-electron chi connectivity index (χ2n) is 5.81. The van der Waals surface area contributed by atoms with Gasteiger partial charge < -0.3 is 9.15 Å². The second kappa shape index (κ2) is 5.53. The van der Waals surface area contributed by atoms with Crippen LogP contribution < -0.4 is 0 Å². The summed E-state index contributed by atoms with van der Waals surface area (Å²) in [5, 5.41) is 8.85. The van der Waals surface area contributed by atoms with Crippen LogP contribution >= 0.6 is 0 Å². The first-order valence-electron chi connectivity index (χ1n) is 7.82. The van der Waals surface area contributed by atoms with Gasteiger partial charge in [0.25, 0.3) is 0 Å². The number of carbonyl (C=O) groups excluding carboxylic acids is 1. The normalized spacial score (nSPS) is 14.3. The van der Waals surface area contributed by atoms with Crippen LogP contribution in [0.15, 0.2) is 34.9 Å². The summed E-state index contributed by atoms with van der Waals surface area (Å²) >= 11 is 0. The van der Waals surface area contributed by atoms with Crippen LogP contribution in [0.25, 0.3) is 11.0 Å². The Bertz CT molecular complexity index is 861. The molecule has 0 N–H and O–H groups in total. The third kappa shape index (κ3) is 2.84. The van der Waals surface area contributed by atoms with Gasteiger partial charge in [-0.25, -0.2) is 9.48 Å². The molecular formula is C17H17N3O3. The number of carbonyl (C=O) groups is 1. The summed E-state index contributed by atoms with van der Waals surface area (Å²) in [5.74, 6) is 1.03. The summed E-state index contributed by atoms with van der Waals surface area (Å²) in [6, 6.07) is 8.40. The highest BCUT2D eigenvalue weighted by Gasteiger charge is 2.24. The molecule has 6 heteroatoms. The van der Waals surface area contributed by atoms with Gasteiger partial charge in [0.2, 0.25) is 0 Å². The molecule has 0 bridgehead atoms. The Hall–Kier alpha value is -2.63. The maximum Gasteiger partial charge on any atom is 0.360 e. The lowest BCUT2D eigenvalue weighted by Crippen LogP contribution is -2.04. The average molecular weight is 311 g/mol. The fourth-order valence-corrected chi connectivity index (χ4v) is 2.69. The van der Waals surface area contributed by atoms with Crippen molar-refractivity contribution in [3.05, 3.63) is 47.5 Å². The predicted octanol–water partition coefficient (Wildman–Crippen LogP) is 3.13. The molecular weight excluding hydrogens is 294 g/mol. The molecule has 23 heavy (non-hydrogen) atoms. The van der Waals surface area contributed by atoms with E-state index in [1.54, 1.807) is 17.8 Å². The number of esters is 1. The van der Waals surface area contributed by atoms with Crippen molar-refractivity contribution in [3.63, 3.8) is 0 Å². The highest BCUT2D eigenvalue weighted by Crippen LogP contribution is 2.41. The van der Waals surface area contributed by atoms with Crippen LogP contribution in [0.5, 0.6) is 0 Å². The number of benzene rings is 1. The fraction of sp³-hybridized carbons (Fsp3) is 0.353. The summed E-state index contributed by atoms with van der Waals surface area (Å²) in [7, 11) is 0. The molecule has 0 aliphatic heterocycles. The number of hydrogen-bond donors (Lipinski definition) is 0. The molecule has 0 saturated heterocycles. The first-order chi connectivity index (χ1) is 11.2. The predicted molar refractivity (Wildman–Crippen MR) is 83.3 cm³/mol. The Kier molecular flexibility index (Phi) is 3.37. The lowest BCUT2D eigenvalue weighted by molar-refractivity contribution is 0.0519. The molecule has 3 aromatic rings. The van der Waals surface area contributed by atoms with Crippen molar-refractivity contribution in [1.82, 2.24) is 15.0 Å². The molecule has 0 atom stereocenters. The summed E-state index contributed by atoms with van der Waals surface area (Å²) in [6.45, 7) is 2.51. The number of aromatic nitrogens is 3. The summed E-state index contributed by atoms with van der Waals surface area (Å²) < 4.78 is 12.4. The molecule has 1 aliphatic rings. The van der Waals surface area contributed by atoms with Crippen LogP contribution in [0.3, 0.4) is 0 Å². The van der Waals surface area contributed by atoms with Crippen molar-refractivity contribution >= 4 is 16.9 Å². The zero-order valence-corrected chi connectivity index (χ0v) is 12.9. The Labute approximate surface area is 133 Å². The van der Waals surface area contributed by atoms with E-state index in [4.69, 9.17) is 9.15 Å². The van der Waals surface area contributed by atoms with Crippen LogP contribution in [-0.4, -0.2) is 27.6 Å². The average Bonchev–Trinajstić information content (AvgIpc) is 3.15. The fourth-order valence-electron chi connectivity index (χ4n) is 2.69. The van der Waals surface area contributed by atoms with E-state index in [0.29, 0.717) is 19.1 Å².